The van der Waals surface area contributed by atoms with Gasteiger partial charge in [0.15, 0.2) is 0 Å². The van der Waals surface area contributed by atoms with Gasteiger partial charge in [-0.3, -0.25) is 0 Å². The van der Waals surface area contributed by atoms with Crippen molar-refractivity contribution in [3.05, 3.63) is 35.2 Å². The maximum Gasteiger partial charge on any atom is 0.228 e. The molecule has 1 aromatic carbocycles. The largest absolute Gasteiger partial charge is 0.394 e. The first-order valence-corrected chi connectivity index (χ1v) is 8.66. The molecule has 130 valence electrons. The van der Waals surface area contributed by atoms with E-state index in [-0.39, 0.29) is 12.7 Å². The maximum atomic E-state index is 8.85. The number of hydrogen-bond acceptors (Lipinski definition) is 6. The Balaban J connectivity index is 1.52. The van der Waals surface area contributed by atoms with Crippen molar-refractivity contribution in [1.29, 1.82) is 0 Å². The Hall–Kier alpha value is -1.47. The van der Waals surface area contributed by atoms with E-state index in [1.165, 1.54) is 0 Å². The summed E-state index contributed by atoms with van der Waals surface area (Å²) in [6.07, 6.45) is 3.07. The zero-order chi connectivity index (χ0) is 16.8. The fourth-order valence-electron chi connectivity index (χ4n) is 2.93. The van der Waals surface area contributed by atoms with Crippen LogP contribution in [0, 0.1) is 0 Å². The van der Waals surface area contributed by atoms with Crippen LogP contribution in [-0.2, 0) is 11.2 Å². The van der Waals surface area contributed by atoms with Gasteiger partial charge < -0.3 is 19.3 Å². The van der Waals surface area contributed by atoms with E-state index in [4.69, 9.17) is 26.0 Å². The summed E-state index contributed by atoms with van der Waals surface area (Å²) in [6.45, 7) is 3.27. The van der Waals surface area contributed by atoms with Gasteiger partial charge in [-0.2, -0.15) is 4.98 Å². The number of benzene rings is 1. The normalized spacial score (nSPS) is 18.8. The zero-order valence-corrected chi connectivity index (χ0v) is 14.3. The second kappa shape index (κ2) is 8.58. The van der Waals surface area contributed by atoms with Gasteiger partial charge >= 0.3 is 0 Å². The van der Waals surface area contributed by atoms with E-state index in [0.29, 0.717) is 29.8 Å². The minimum Gasteiger partial charge on any atom is -0.394 e. The quantitative estimate of drug-likeness (QED) is 0.826. The Morgan fingerprint density at radius 1 is 1.42 bits per heavy atom. The molecule has 2 heterocycles. The van der Waals surface area contributed by atoms with Gasteiger partial charge in [-0.25, -0.2) is 0 Å². The Morgan fingerprint density at radius 3 is 3.17 bits per heavy atom. The van der Waals surface area contributed by atoms with Crippen molar-refractivity contribution in [2.45, 2.75) is 25.4 Å². The zero-order valence-electron chi connectivity index (χ0n) is 13.5. The van der Waals surface area contributed by atoms with E-state index in [9.17, 15) is 0 Å². The summed E-state index contributed by atoms with van der Waals surface area (Å²) in [5, 5.41) is 13.5. The smallest absolute Gasteiger partial charge is 0.228 e. The van der Waals surface area contributed by atoms with Crippen molar-refractivity contribution < 1.29 is 14.4 Å². The van der Waals surface area contributed by atoms with Crippen LogP contribution in [-0.4, -0.2) is 59.1 Å². The van der Waals surface area contributed by atoms with Crippen molar-refractivity contribution in [3.63, 3.8) is 0 Å². The number of aromatic nitrogens is 2. The molecular formula is C17H22ClN3O3. The Labute approximate surface area is 146 Å². The lowest BCUT2D eigenvalue weighted by Crippen LogP contribution is -2.41. The molecule has 0 spiro atoms. The number of likely N-dealkylation sites (tertiary alicyclic amines) is 1. The number of aliphatic hydroxyl groups is 1. The van der Waals surface area contributed by atoms with Gasteiger partial charge in [-0.15, -0.1) is 0 Å². The minimum atomic E-state index is 0.0742. The monoisotopic (exact) mass is 351 g/mol. The SMILES string of the molecule is OCCOC1CCCN(CCc2nc(-c3cccc(Cl)c3)no2)C1. The first-order valence-electron chi connectivity index (χ1n) is 8.28. The molecule has 6 nitrogen and oxygen atoms in total. The lowest BCUT2D eigenvalue weighted by atomic mass is 10.1. The Morgan fingerprint density at radius 2 is 2.33 bits per heavy atom. The third-order valence-electron chi connectivity index (χ3n) is 4.10. The Bertz CT molecular complexity index is 650. The number of nitrogens with zero attached hydrogens (tertiary/aromatic N) is 3. The number of hydrogen-bond donors (Lipinski definition) is 1. The first-order chi connectivity index (χ1) is 11.7. The molecule has 0 saturated carbocycles. The summed E-state index contributed by atoms with van der Waals surface area (Å²) >= 11 is 5.99. The summed E-state index contributed by atoms with van der Waals surface area (Å²) in [7, 11) is 0. The molecule has 1 aliphatic rings. The van der Waals surface area contributed by atoms with E-state index in [0.717, 1.165) is 38.0 Å². The lowest BCUT2D eigenvalue weighted by molar-refractivity contribution is -0.0144. The predicted octanol–water partition coefficient (Wildman–Crippen LogP) is 2.41. The molecule has 0 amide bonds. The number of aliphatic hydroxyl groups excluding tert-OH is 1. The van der Waals surface area contributed by atoms with Crippen molar-refractivity contribution in [2.24, 2.45) is 0 Å². The molecular weight excluding hydrogens is 330 g/mol. The van der Waals surface area contributed by atoms with E-state index in [1.807, 2.05) is 24.3 Å². The third kappa shape index (κ3) is 4.77. The molecule has 1 saturated heterocycles. The molecule has 1 N–H and O–H groups in total. The van der Waals surface area contributed by atoms with E-state index >= 15 is 0 Å². The average molecular weight is 352 g/mol. The molecule has 0 aliphatic carbocycles. The molecule has 2 aromatic rings. The highest BCUT2D eigenvalue weighted by atomic mass is 35.5. The molecule has 0 radical (unpaired) electrons. The van der Waals surface area contributed by atoms with Crippen LogP contribution < -0.4 is 0 Å². The molecule has 1 atom stereocenters. The van der Waals surface area contributed by atoms with Crippen LogP contribution in [0.25, 0.3) is 11.4 Å². The van der Waals surface area contributed by atoms with Gasteiger partial charge in [-0.05, 0) is 31.5 Å². The van der Waals surface area contributed by atoms with E-state index in [1.54, 1.807) is 0 Å². The number of halogens is 1. The fraction of sp³-hybridized carbons (Fsp3) is 0.529. The summed E-state index contributed by atoms with van der Waals surface area (Å²) in [4.78, 5) is 6.79. The van der Waals surface area contributed by atoms with Gasteiger partial charge in [0.1, 0.15) is 0 Å². The van der Waals surface area contributed by atoms with E-state index in [2.05, 4.69) is 15.0 Å². The minimum absolute atomic E-state index is 0.0742. The van der Waals surface area contributed by atoms with Crippen molar-refractivity contribution in [1.82, 2.24) is 15.0 Å². The van der Waals surface area contributed by atoms with Gasteiger partial charge in [0, 0.05) is 30.1 Å². The third-order valence-corrected chi connectivity index (χ3v) is 4.34. The van der Waals surface area contributed by atoms with Crippen molar-refractivity contribution in [3.8, 4) is 11.4 Å². The van der Waals surface area contributed by atoms with Crippen LogP contribution >= 0.6 is 11.6 Å². The average Bonchev–Trinajstić information content (AvgIpc) is 3.08. The second-order valence-corrected chi connectivity index (χ2v) is 6.37. The van der Waals surface area contributed by atoms with Crippen molar-refractivity contribution >= 4 is 11.6 Å². The Kier molecular flexibility index (Phi) is 6.20. The van der Waals surface area contributed by atoms with Gasteiger partial charge in [-0.1, -0.05) is 28.9 Å². The highest BCUT2D eigenvalue weighted by molar-refractivity contribution is 6.30. The fourth-order valence-corrected chi connectivity index (χ4v) is 3.12. The highest BCUT2D eigenvalue weighted by Gasteiger charge is 2.20. The van der Waals surface area contributed by atoms with Crippen LogP contribution in [0.3, 0.4) is 0 Å². The van der Waals surface area contributed by atoms with Crippen LogP contribution in [0.2, 0.25) is 5.02 Å². The molecule has 1 fully saturated rings. The molecule has 1 aliphatic heterocycles. The van der Waals surface area contributed by atoms with Crippen LogP contribution in [0.5, 0.6) is 0 Å². The summed E-state index contributed by atoms with van der Waals surface area (Å²) < 4.78 is 11.0. The molecule has 1 aromatic heterocycles. The molecule has 1 unspecified atom stereocenters. The molecule has 7 heteroatoms. The number of ether oxygens (including phenoxy) is 1. The number of piperidine rings is 1. The van der Waals surface area contributed by atoms with Crippen LogP contribution in [0.15, 0.2) is 28.8 Å². The first kappa shape index (κ1) is 17.4. The van der Waals surface area contributed by atoms with E-state index < -0.39 is 0 Å². The summed E-state index contributed by atoms with van der Waals surface area (Å²) in [5.41, 5.74) is 0.855. The molecule has 24 heavy (non-hydrogen) atoms. The van der Waals surface area contributed by atoms with Crippen molar-refractivity contribution in [2.75, 3.05) is 32.8 Å². The summed E-state index contributed by atoms with van der Waals surface area (Å²) in [5.74, 6) is 1.19. The lowest BCUT2D eigenvalue weighted by Gasteiger charge is -2.32. The predicted molar refractivity (Wildman–Crippen MR) is 90.9 cm³/mol. The topological polar surface area (TPSA) is 71.6 Å². The van der Waals surface area contributed by atoms with Gasteiger partial charge in [0.05, 0.1) is 19.3 Å². The van der Waals surface area contributed by atoms with Gasteiger partial charge in [0.25, 0.3) is 0 Å². The maximum absolute atomic E-state index is 8.85. The van der Waals surface area contributed by atoms with Crippen LogP contribution in [0.4, 0.5) is 0 Å². The standard InChI is InChI=1S/C17H22ClN3O3/c18-14-4-1-3-13(11-14)17-19-16(24-20-17)6-8-21-7-2-5-15(12-21)23-10-9-22/h1,3-4,11,15,22H,2,5-10,12H2. The second-order valence-electron chi connectivity index (χ2n) is 5.93. The summed E-state index contributed by atoms with van der Waals surface area (Å²) in [6, 6.07) is 7.42. The molecule has 0 bridgehead atoms. The molecule has 3 rings (SSSR count). The highest BCUT2D eigenvalue weighted by Crippen LogP contribution is 2.20. The van der Waals surface area contributed by atoms with Crippen LogP contribution in [0.1, 0.15) is 18.7 Å². The van der Waals surface area contributed by atoms with Gasteiger partial charge in [0.2, 0.25) is 11.7 Å². The number of rotatable bonds is 7.